The van der Waals surface area contributed by atoms with Crippen LogP contribution in [0.25, 0.3) is 0 Å². The van der Waals surface area contributed by atoms with Crippen molar-refractivity contribution in [3.05, 3.63) is 71.5 Å². The molecule has 3 rings (SSSR count). The second kappa shape index (κ2) is 8.43. The molecule has 0 spiro atoms. The first-order valence-electron chi connectivity index (χ1n) is 8.84. The fourth-order valence-electron chi connectivity index (χ4n) is 2.85. The number of rotatable bonds is 6. The standard InChI is InChI=1S/C22H23N3O3/c1-14-5-7-18(15(2)11-14)25-22(26)19-12-17(9-10-23-19)24-16-6-8-20(27-3)21(13-16)28-4/h5-13H,1-4H3,(H,23,24)(H,25,26). The number of benzene rings is 2. The highest BCUT2D eigenvalue weighted by Crippen LogP contribution is 2.31. The number of aromatic nitrogens is 1. The molecule has 144 valence electrons. The molecule has 0 atom stereocenters. The van der Waals surface area contributed by atoms with E-state index in [2.05, 4.69) is 15.6 Å². The summed E-state index contributed by atoms with van der Waals surface area (Å²) in [5.74, 6) is 1.01. The second-order valence-electron chi connectivity index (χ2n) is 6.40. The van der Waals surface area contributed by atoms with E-state index in [0.29, 0.717) is 17.2 Å². The number of nitrogens with one attached hydrogen (secondary N) is 2. The maximum absolute atomic E-state index is 12.6. The van der Waals surface area contributed by atoms with E-state index in [-0.39, 0.29) is 5.91 Å². The molecule has 0 bridgehead atoms. The van der Waals surface area contributed by atoms with E-state index < -0.39 is 0 Å². The minimum atomic E-state index is -0.261. The summed E-state index contributed by atoms with van der Waals surface area (Å²) in [6, 6.07) is 14.9. The van der Waals surface area contributed by atoms with Crippen LogP contribution in [-0.4, -0.2) is 25.1 Å². The zero-order chi connectivity index (χ0) is 20.1. The van der Waals surface area contributed by atoms with Crippen molar-refractivity contribution >= 4 is 23.0 Å². The third-order valence-corrected chi connectivity index (χ3v) is 4.29. The molecule has 1 amide bonds. The van der Waals surface area contributed by atoms with Gasteiger partial charge in [0.15, 0.2) is 11.5 Å². The van der Waals surface area contributed by atoms with Crippen molar-refractivity contribution in [2.75, 3.05) is 24.9 Å². The number of aryl methyl sites for hydroxylation is 2. The highest BCUT2D eigenvalue weighted by atomic mass is 16.5. The van der Waals surface area contributed by atoms with Gasteiger partial charge in [0, 0.05) is 29.3 Å². The molecule has 6 heteroatoms. The number of carbonyl (C=O) groups is 1. The van der Waals surface area contributed by atoms with Crippen molar-refractivity contribution in [2.45, 2.75) is 13.8 Å². The van der Waals surface area contributed by atoms with Crippen molar-refractivity contribution < 1.29 is 14.3 Å². The second-order valence-corrected chi connectivity index (χ2v) is 6.40. The highest BCUT2D eigenvalue weighted by Gasteiger charge is 2.11. The van der Waals surface area contributed by atoms with Crippen molar-refractivity contribution in [1.29, 1.82) is 0 Å². The molecule has 3 aromatic rings. The van der Waals surface area contributed by atoms with Gasteiger partial charge in [0.25, 0.3) is 5.91 Å². The lowest BCUT2D eigenvalue weighted by Crippen LogP contribution is -2.14. The SMILES string of the molecule is COc1ccc(Nc2ccnc(C(=O)Nc3ccc(C)cc3C)c2)cc1OC. The molecule has 0 unspecified atom stereocenters. The Labute approximate surface area is 164 Å². The Bertz CT molecular complexity index is 1000. The molecule has 1 aromatic heterocycles. The Morgan fingerprint density at radius 2 is 1.64 bits per heavy atom. The van der Waals surface area contributed by atoms with Crippen LogP contribution in [0.2, 0.25) is 0 Å². The summed E-state index contributed by atoms with van der Waals surface area (Å²) in [5.41, 5.74) is 4.81. The van der Waals surface area contributed by atoms with Gasteiger partial charge in [-0.3, -0.25) is 9.78 Å². The van der Waals surface area contributed by atoms with Crippen molar-refractivity contribution in [1.82, 2.24) is 4.98 Å². The van der Waals surface area contributed by atoms with E-state index in [1.807, 2.05) is 50.2 Å². The molecule has 0 radical (unpaired) electrons. The molecule has 6 nitrogen and oxygen atoms in total. The maximum atomic E-state index is 12.6. The summed E-state index contributed by atoms with van der Waals surface area (Å²) in [6.07, 6.45) is 1.60. The molecule has 2 aromatic carbocycles. The van der Waals surface area contributed by atoms with Gasteiger partial charge in [-0.05, 0) is 49.7 Å². The first-order valence-corrected chi connectivity index (χ1v) is 8.84. The lowest BCUT2D eigenvalue weighted by atomic mass is 10.1. The Balaban J connectivity index is 1.77. The van der Waals surface area contributed by atoms with Crippen LogP contribution < -0.4 is 20.1 Å². The third-order valence-electron chi connectivity index (χ3n) is 4.29. The van der Waals surface area contributed by atoms with Crippen molar-refractivity contribution in [3.8, 4) is 11.5 Å². The Hall–Kier alpha value is -3.54. The molecule has 0 aliphatic carbocycles. The molecule has 0 saturated heterocycles. The molecule has 0 aliphatic heterocycles. The van der Waals surface area contributed by atoms with Crippen LogP contribution in [0.3, 0.4) is 0 Å². The first kappa shape index (κ1) is 19.2. The van der Waals surface area contributed by atoms with Crippen LogP contribution in [0.4, 0.5) is 17.1 Å². The fraction of sp³-hybridized carbons (Fsp3) is 0.182. The maximum Gasteiger partial charge on any atom is 0.274 e. The monoisotopic (exact) mass is 377 g/mol. The smallest absolute Gasteiger partial charge is 0.274 e. The van der Waals surface area contributed by atoms with Gasteiger partial charge in [-0.1, -0.05) is 17.7 Å². The number of nitrogens with zero attached hydrogens (tertiary/aromatic N) is 1. The van der Waals surface area contributed by atoms with Gasteiger partial charge >= 0.3 is 0 Å². The van der Waals surface area contributed by atoms with Crippen LogP contribution in [0.5, 0.6) is 11.5 Å². The third kappa shape index (κ3) is 4.40. The summed E-state index contributed by atoms with van der Waals surface area (Å²) >= 11 is 0. The molecule has 1 heterocycles. The molecular weight excluding hydrogens is 354 g/mol. The summed E-state index contributed by atoms with van der Waals surface area (Å²) < 4.78 is 10.6. The first-order chi connectivity index (χ1) is 13.5. The minimum absolute atomic E-state index is 0.261. The Kier molecular flexibility index (Phi) is 5.79. The van der Waals surface area contributed by atoms with Crippen molar-refractivity contribution in [2.24, 2.45) is 0 Å². The molecule has 28 heavy (non-hydrogen) atoms. The molecular formula is C22H23N3O3. The topological polar surface area (TPSA) is 72.5 Å². The van der Waals surface area contributed by atoms with E-state index in [1.54, 1.807) is 32.5 Å². The lowest BCUT2D eigenvalue weighted by molar-refractivity contribution is 0.102. The largest absolute Gasteiger partial charge is 0.493 e. The number of pyridine rings is 1. The normalized spacial score (nSPS) is 10.3. The fourth-order valence-corrected chi connectivity index (χ4v) is 2.85. The number of methoxy groups -OCH3 is 2. The van der Waals surface area contributed by atoms with Crippen molar-refractivity contribution in [3.63, 3.8) is 0 Å². The zero-order valence-corrected chi connectivity index (χ0v) is 16.4. The van der Waals surface area contributed by atoms with Gasteiger partial charge in [0.1, 0.15) is 5.69 Å². The van der Waals surface area contributed by atoms with E-state index in [1.165, 1.54) is 0 Å². The van der Waals surface area contributed by atoms with Crippen LogP contribution in [-0.2, 0) is 0 Å². The number of anilines is 3. The van der Waals surface area contributed by atoms with Gasteiger partial charge in [0.05, 0.1) is 14.2 Å². The zero-order valence-electron chi connectivity index (χ0n) is 16.4. The summed E-state index contributed by atoms with van der Waals surface area (Å²) in [4.78, 5) is 16.8. The van der Waals surface area contributed by atoms with Gasteiger partial charge in [0.2, 0.25) is 0 Å². The molecule has 2 N–H and O–H groups in total. The Morgan fingerprint density at radius 1 is 0.893 bits per heavy atom. The number of amides is 1. The predicted octanol–water partition coefficient (Wildman–Crippen LogP) is 4.71. The van der Waals surface area contributed by atoms with Crippen LogP contribution in [0.1, 0.15) is 21.6 Å². The Morgan fingerprint density at radius 3 is 2.36 bits per heavy atom. The highest BCUT2D eigenvalue weighted by molar-refractivity contribution is 6.03. The van der Waals surface area contributed by atoms with Gasteiger partial charge < -0.3 is 20.1 Å². The number of ether oxygens (including phenoxy) is 2. The van der Waals surface area contributed by atoms with E-state index in [0.717, 1.165) is 28.2 Å². The summed E-state index contributed by atoms with van der Waals surface area (Å²) in [5, 5.41) is 6.16. The number of hydrogen-bond acceptors (Lipinski definition) is 5. The van der Waals surface area contributed by atoms with Crippen LogP contribution in [0, 0.1) is 13.8 Å². The number of carbonyl (C=O) groups excluding carboxylic acids is 1. The number of hydrogen-bond donors (Lipinski definition) is 2. The average Bonchev–Trinajstić information content (AvgIpc) is 2.70. The summed E-state index contributed by atoms with van der Waals surface area (Å²) in [6.45, 7) is 3.98. The molecule has 0 saturated carbocycles. The molecule has 0 fully saturated rings. The van der Waals surface area contributed by atoms with E-state index in [4.69, 9.17) is 9.47 Å². The predicted molar refractivity (Wildman–Crippen MR) is 111 cm³/mol. The van der Waals surface area contributed by atoms with Crippen LogP contribution in [0.15, 0.2) is 54.7 Å². The van der Waals surface area contributed by atoms with E-state index in [9.17, 15) is 4.79 Å². The minimum Gasteiger partial charge on any atom is -0.493 e. The quantitative estimate of drug-likeness (QED) is 0.651. The van der Waals surface area contributed by atoms with Gasteiger partial charge in [-0.15, -0.1) is 0 Å². The van der Waals surface area contributed by atoms with E-state index >= 15 is 0 Å². The van der Waals surface area contributed by atoms with Crippen LogP contribution >= 0.6 is 0 Å². The average molecular weight is 377 g/mol. The summed E-state index contributed by atoms with van der Waals surface area (Å²) in [7, 11) is 3.18. The van der Waals surface area contributed by atoms with Gasteiger partial charge in [-0.25, -0.2) is 0 Å². The lowest BCUT2D eigenvalue weighted by Gasteiger charge is -2.12. The van der Waals surface area contributed by atoms with Gasteiger partial charge in [-0.2, -0.15) is 0 Å². The molecule has 0 aliphatic rings.